The van der Waals surface area contributed by atoms with Crippen molar-refractivity contribution in [2.24, 2.45) is 0 Å². The molecule has 4 rings (SSSR count). The van der Waals surface area contributed by atoms with Crippen molar-refractivity contribution in [3.05, 3.63) is 53.9 Å². The van der Waals surface area contributed by atoms with Crippen molar-refractivity contribution in [3.63, 3.8) is 0 Å². The second kappa shape index (κ2) is 7.60. The summed E-state index contributed by atoms with van der Waals surface area (Å²) >= 11 is 1.48. The predicted molar refractivity (Wildman–Crippen MR) is 117 cm³/mol. The number of carbonyl (C=O) groups excluding carboxylic acids is 2. The van der Waals surface area contributed by atoms with Crippen LogP contribution in [-0.4, -0.2) is 27.2 Å². The summed E-state index contributed by atoms with van der Waals surface area (Å²) in [6.07, 6.45) is 0. The molecule has 1 atom stereocenters. The van der Waals surface area contributed by atoms with E-state index in [2.05, 4.69) is 20.8 Å². The van der Waals surface area contributed by atoms with Crippen LogP contribution in [0, 0.1) is 0 Å². The van der Waals surface area contributed by atoms with Crippen LogP contribution in [0.2, 0.25) is 0 Å². The number of hydrogen-bond acceptors (Lipinski definition) is 6. The lowest BCUT2D eigenvalue weighted by atomic mass is 9.97. The van der Waals surface area contributed by atoms with E-state index in [0.717, 1.165) is 10.5 Å². The Hall–Kier alpha value is -3.13. The monoisotopic (exact) mass is 422 g/mol. The summed E-state index contributed by atoms with van der Waals surface area (Å²) in [6, 6.07) is 12.6. The Morgan fingerprint density at radius 3 is 2.57 bits per heavy atom. The normalized spacial score (nSPS) is 16.0. The summed E-state index contributed by atoms with van der Waals surface area (Å²) in [5, 5.41) is 9.60. The molecule has 1 aliphatic heterocycles. The third-order valence-corrected chi connectivity index (χ3v) is 5.82. The average molecular weight is 423 g/mol. The quantitative estimate of drug-likeness (QED) is 0.634. The van der Waals surface area contributed by atoms with Gasteiger partial charge in [-0.05, 0) is 49.4 Å². The standard InChI is InChI=1S/C22H22N4O3S/c1-12-19(27)24-16-11-14(7-10-17(16)30-12)20(28)23-15-8-5-13(6-9-15)18-25-21(29-26-18)22(2,3)4/h5-12H,1-4H3,(H,23,28)(H,24,27). The zero-order valence-corrected chi connectivity index (χ0v) is 18.0. The molecule has 8 heteroatoms. The summed E-state index contributed by atoms with van der Waals surface area (Å²) in [5.74, 6) is 0.770. The van der Waals surface area contributed by atoms with Gasteiger partial charge >= 0.3 is 0 Å². The fraction of sp³-hybridized carbons (Fsp3) is 0.273. The molecule has 0 radical (unpaired) electrons. The minimum atomic E-state index is -0.252. The highest BCUT2D eigenvalue weighted by molar-refractivity contribution is 8.00. The van der Waals surface area contributed by atoms with Gasteiger partial charge in [0.2, 0.25) is 17.6 Å². The minimum Gasteiger partial charge on any atom is -0.338 e. The van der Waals surface area contributed by atoms with Crippen LogP contribution in [0.1, 0.15) is 43.9 Å². The molecule has 1 aromatic heterocycles. The number of nitrogens with one attached hydrogen (secondary N) is 2. The van der Waals surface area contributed by atoms with E-state index < -0.39 is 0 Å². The zero-order valence-electron chi connectivity index (χ0n) is 17.1. The second-order valence-electron chi connectivity index (χ2n) is 8.16. The van der Waals surface area contributed by atoms with E-state index in [-0.39, 0.29) is 22.5 Å². The topological polar surface area (TPSA) is 97.1 Å². The van der Waals surface area contributed by atoms with Crippen LogP contribution in [0.3, 0.4) is 0 Å². The summed E-state index contributed by atoms with van der Waals surface area (Å²) in [5.41, 5.74) is 2.37. The van der Waals surface area contributed by atoms with Crippen molar-refractivity contribution in [1.82, 2.24) is 10.1 Å². The first-order valence-electron chi connectivity index (χ1n) is 9.58. The van der Waals surface area contributed by atoms with E-state index in [1.54, 1.807) is 24.3 Å². The molecule has 0 saturated heterocycles. The lowest BCUT2D eigenvalue weighted by molar-refractivity contribution is -0.115. The minimum absolute atomic E-state index is 0.0586. The van der Waals surface area contributed by atoms with Gasteiger partial charge in [-0.1, -0.05) is 25.9 Å². The smallest absolute Gasteiger partial charge is 0.255 e. The molecule has 2 N–H and O–H groups in total. The number of carbonyl (C=O) groups is 2. The maximum Gasteiger partial charge on any atom is 0.255 e. The lowest BCUT2D eigenvalue weighted by Crippen LogP contribution is -2.26. The van der Waals surface area contributed by atoms with Crippen molar-refractivity contribution in [3.8, 4) is 11.4 Å². The average Bonchev–Trinajstić information content (AvgIpc) is 3.20. The Bertz CT molecular complexity index is 1120. The van der Waals surface area contributed by atoms with Gasteiger partial charge in [-0.15, -0.1) is 11.8 Å². The molecule has 0 spiro atoms. The fourth-order valence-electron chi connectivity index (χ4n) is 2.90. The zero-order chi connectivity index (χ0) is 21.5. The molecule has 2 aromatic carbocycles. The highest BCUT2D eigenvalue weighted by Gasteiger charge is 2.24. The van der Waals surface area contributed by atoms with Gasteiger partial charge in [0, 0.05) is 27.1 Å². The summed E-state index contributed by atoms with van der Waals surface area (Å²) in [4.78, 5) is 29.9. The van der Waals surface area contributed by atoms with Gasteiger partial charge < -0.3 is 15.2 Å². The maximum absolute atomic E-state index is 12.6. The third kappa shape index (κ3) is 4.09. The molecule has 0 saturated carbocycles. The number of fused-ring (bicyclic) bond motifs is 1. The lowest BCUT2D eigenvalue weighted by Gasteiger charge is -2.21. The van der Waals surface area contributed by atoms with E-state index in [1.807, 2.05) is 45.9 Å². The van der Waals surface area contributed by atoms with Crippen molar-refractivity contribution in [2.45, 2.75) is 43.3 Å². The van der Waals surface area contributed by atoms with Gasteiger partial charge in [0.15, 0.2) is 0 Å². The Morgan fingerprint density at radius 2 is 1.90 bits per heavy atom. The van der Waals surface area contributed by atoms with Gasteiger partial charge in [-0.2, -0.15) is 4.98 Å². The van der Waals surface area contributed by atoms with Crippen LogP contribution in [0.25, 0.3) is 11.4 Å². The van der Waals surface area contributed by atoms with E-state index in [1.165, 1.54) is 11.8 Å². The van der Waals surface area contributed by atoms with Crippen LogP contribution in [0.4, 0.5) is 11.4 Å². The molecule has 1 unspecified atom stereocenters. The first kappa shape index (κ1) is 20.2. The molecule has 154 valence electrons. The molecule has 0 fully saturated rings. The largest absolute Gasteiger partial charge is 0.338 e. The van der Waals surface area contributed by atoms with Crippen LogP contribution in [0.15, 0.2) is 51.9 Å². The number of amides is 2. The number of hydrogen-bond donors (Lipinski definition) is 2. The summed E-state index contributed by atoms with van der Waals surface area (Å²) in [6.45, 7) is 7.88. The number of aromatic nitrogens is 2. The first-order valence-corrected chi connectivity index (χ1v) is 10.5. The van der Waals surface area contributed by atoms with Gasteiger partial charge in [0.05, 0.1) is 10.9 Å². The van der Waals surface area contributed by atoms with E-state index in [4.69, 9.17) is 4.52 Å². The predicted octanol–water partition coefficient (Wildman–Crippen LogP) is 4.72. The Morgan fingerprint density at radius 1 is 1.17 bits per heavy atom. The van der Waals surface area contributed by atoms with E-state index in [0.29, 0.717) is 28.7 Å². The van der Waals surface area contributed by atoms with E-state index in [9.17, 15) is 9.59 Å². The van der Waals surface area contributed by atoms with Crippen LogP contribution in [-0.2, 0) is 10.2 Å². The van der Waals surface area contributed by atoms with Crippen LogP contribution < -0.4 is 10.6 Å². The highest BCUT2D eigenvalue weighted by atomic mass is 32.2. The Balaban J connectivity index is 1.47. The maximum atomic E-state index is 12.6. The van der Waals surface area contributed by atoms with Crippen LogP contribution in [0.5, 0.6) is 0 Å². The Labute approximate surface area is 178 Å². The van der Waals surface area contributed by atoms with Gasteiger partial charge in [-0.25, -0.2) is 0 Å². The molecule has 2 amide bonds. The SMILES string of the molecule is CC1Sc2ccc(C(=O)Nc3ccc(-c4noc(C(C)(C)C)n4)cc3)cc2NC1=O. The number of rotatable bonds is 3. The van der Waals surface area contributed by atoms with Crippen LogP contribution >= 0.6 is 11.8 Å². The summed E-state index contributed by atoms with van der Waals surface area (Å²) < 4.78 is 5.33. The van der Waals surface area contributed by atoms with Gasteiger partial charge in [0.25, 0.3) is 5.91 Å². The number of nitrogens with zero attached hydrogens (tertiary/aromatic N) is 2. The van der Waals surface area contributed by atoms with Crippen molar-refractivity contribution in [1.29, 1.82) is 0 Å². The molecule has 0 aliphatic carbocycles. The van der Waals surface area contributed by atoms with Crippen molar-refractivity contribution >= 4 is 35.0 Å². The molecule has 0 bridgehead atoms. The van der Waals surface area contributed by atoms with Gasteiger partial charge in [-0.3, -0.25) is 9.59 Å². The molecule has 30 heavy (non-hydrogen) atoms. The highest BCUT2D eigenvalue weighted by Crippen LogP contribution is 2.36. The fourth-order valence-corrected chi connectivity index (χ4v) is 3.83. The molecule has 3 aromatic rings. The van der Waals surface area contributed by atoms with Crippen molar-refractivity contribution < 1.29 is 14.1 Å². The van der Waals surface area contributed by atoms with Crippen molar-refractivity contribution in [2.75, 3.05) is 10.6 Å². The number of benzene rings is 2. The van der Waals surface area contributed by atoms with Gasteiger partial charge in [0.1, 0.15) is 0 Å². The second-order valence-corrected chi connectivity index (χ2v) is 9.55. The molecular formula is C22H22N4O3S. The number of anilines is 2. The first-order chi connectivity index (χ1) is 14.2. The third-order valence-electron chi connectivity index (χ3n) is 4.64. The molecule has 1 aliphatic rings. The summed E-state index contributed by atoms with van der Waals surface area (Å²) in [7, 11) is 0. The Kier molecular flexibility index (Phi) is 5.11. The molecule has 2 heterocycles. The number of thioether (sulfide) groups is 1. The molecule has 7 nitrogen and oxygen atoms in total. The molecular weight excluding hydrogens is 400 g/mol. The van der Waals surface area contributed by atoms with E-state index >= 15 is 0 Å².